The lowest BCUT2D eigenvalue weighted by Crippen LogP contribution is -2.00. The van der Waals surface area contributed by atoms with Crippen LogP contribution < -0.4 is 11.1 Å². The van der Waals surface area contributed by atoms with Gasteiger partial charge in [-0.15, -0.1) is 0 Å². The van der Waals surface area contributed by atoms with Crippen LogP contribution in [0.5, 0.6) is 0 Å². The van der Waals surface area contributed by atoms with Crippen molar-refractivity contribution in [2.45, 2.75) is 13.5 Å². The maximum absolute atomic E-state index is 5.98. The first-order valence-corrected chi connectivity index (χ1v) is 6.14. The minimum atomic E-state index is 0.719. The SMILES string of the molecule is Cc1cc2c(NCc3ccoc3)ccc(N)c2cn1. The normalized spacial score (nSPS) is 10.8. The Morgan fingerprint density at radius 2 is 2.16 bits per heavy atom. The molecule has 0 radical (unpaired) electrons. The fraction of sp³-hybridized carbons (Fsp3) is 0.133. The molecule has 96 valence electrons. The number of anilines is 2. The number of nitrogens with zero attached hydrogens (tertiary/aromatic N) is 1. The van der Waals surface area contributed by atoms with Crippen LogP contribution >= 0.6 is 0 Å². The molecule has 0 aliphatic carbocycles. The molecule has 2 aromatic heterocycles. The molecule has 4 nitrogen and oxygen atoms in total. The van der Waals surface area contributed by atoms with Crippen LogP contribution in [0, 0.1) is 6.92 Å². The van der Waals surface area contributed by atoms with Crippen molar-refractivity contribution < 1.29 is 4.42 Å². The monoisotopic (exact) mass is 253 g/mol. The lowest BCUT2D eigenvalue weighted by atomic mass is 10.1. The molecule has 0 saturated heterocycles. The highest BCUT2D eigenvalue weighted by Crippen LogP contribution is 2.28. The zero-order valence-electron chi connectivity index (χ0n) is 10.7. The molecule has 3 aromatic rings. The largest absolute Gasteiger partial charge is 0.472 e. The van der Waals surface area contributed by atoms with E-state index in [0.717, 1.165) is 39.9 Å². The minimum Gasteiger partial charge on any atom is -0.472 e. The number of aromatic nitrogens is 1. The van der Waals surface area contributed by atoms with Crippen molar-refractivity contribution in [1.82, 2.24) is 4.98 Å². The molecule has 0 atom stereocenters. The number of hydrogen-bond acceptors (Lipinski definition) is 4. The Kier molecular flexibility index (Phi) is 2.83. The average Bonchev–Trinajstić information content (AvgIpc) is 2.91. The number of nitrogen functional groups attached to an aromatic ring is 1. The topological polar surface area (TPSA) is 64.1 Å². The molecule has 1 aromatic carbocycles. The number of furan rings is 1. The molecule has 0 aliphatic rings. The molecule has 4 heteroatoms. The molecule has 19 heavy (non-hydrogen) atoms. The molecule has 0 unspecified atom stereocenters. The summed E-state index contributed by atoms with van der Waals surface area (Å²) >= 11 is 0. The quantitative estimate of drug-likeness (QED) is 0.703. The molecular formula is C15H15N3O. The number of pyridine rings is 1. The summed E-state index contributed by atoms with van der Waals surface area (Å²) < 4.78 is 5.06. The van der Waals surface area contributed by atoms with Gasteiger partial charge in [-0.3, -0.25) is 4.98 Å². The Bertz CT molecular complexity index is 705. The average molecular weight is 253 g/mol. The molecule has 0 spiro atoms. The molecule has 0 amide bonds. The van der Waals surface area contributed by atoms with E-state index in [0.29, 0.717) is 0 Å². The fourth-order valence-electron chi connectivity index (χ4n) is 2.11. The Morgan fingerprint density at radius 1 is 1.26 bits per heavy atom. The number of fused-ring (bicyclic) bond motifs is 1. The second-order valence-corrected chi connectivity index (χ2v) is 4.56. The van der Waals surface area contributed by atoms with Crippen LogP contribution in [0.15, 0.2) is 47.4 Å². The van der Waals surface area contributed by atoms with Crippen molar-refractivity contribution in [2.75, 3.05) is 11.1 Å². The first-order chi connectivity index (χ1) is 9.24. The molecule has 0 fully saturated rings. The number of hydrogen-bond donors (Lipinski definition) is 2. The van der Waals surface area contributed by atoms with E-state index < -0.39 is 0 Å². The van der Waals surface area contributed by atoms with Crippen LogP contribution in [0.3, 0.4) is 0 Å². The highest BCUT2D eigenvalue weighted by atomic mass is 16.3. The van der Waals surface area contributed by atoms with Crippen LogP contribution in [-0.2, 0) is 6.54 Å². The van der Waals surface area contributed by atoms with E-state index in [2.05, 4.69) is 10.3 Å². The predicted octanol–water partition coefficient (Wildman–Crippen LogP) is 3.33. The first kappa shape index (κ1) is 11.6. The summed E-state index contributed by atoms with van der Waals surface area (Å²) in [5, 5.41) is 5.47. The maximum Gasteiger partial charge on any atom is 0.0952 e. The van der Waals surface area contributed by atoms with Gasteiger partial charge in [-0.05, 0) is 31.2 Å². The maximum atomic E-state index is 5.98. The smallest absolute Gasteiger partial charge is 0.0952 e. The predicted molar refractivity (Wildman–Crippen MR) is 76.9 cm³/mol. The summed E-state index contributed by atoms with van der Waals surface area (Å²) in [6.45, 7) is 2.69. The van der Waals surface area contributed by atoms with Gasteiger partial charge in [0.25, 0.3) is 0 Å². The van der Waals surface area contributed by atoms with E-state index in [9.17, 15) is 0 Å². The van der Waals surface area contributed by atoms with E-state index in [1.807, 2.05) is 37.4 Å². The summed E-state index contributed by atoms with van der Waals surface area (Å²) in [6.07, 6.45) is 5.23. The standard InChI is InChI=1S/C15H15N3O/c1-10-6-12-13(8-17-10)14(16)2-3-15(12)18-7-11-4-5-19-9-11/h2-6,8-9,18H,7,16H2,1H3. The van der Waals surface area contributed by atoms with E-state index >= 15 is 0 Å². The number of nitrogens with one attached hydrogen (secondary N) is 1. The third-order valence-corrected chi connectivity index (χ3v) is 3.13. The highest BCUT2D eigenvalue weighted by molar-refractivity contribution is 6.00. The van der Waals surface area contributed by atoms with Gasteiger partial charge in [-0.1, -0.05) is 0 Å². The second kappa shape index (κ2) is 4.65. The van der Waals surface area contributed by atoms with Crippen molar-refractivity contribution in [3.8, 4) is 0 Å². The molecule has 0 aliphatic heterocycles. The van der Waals surface area contributed by atoms with E-state index in [1.165, 1.54) is 0 Å². The first-order valence-electron chi connectivity index (χ1n) is 6.14. The highest BCUT2D eigenvalue weighted by Gasteiger charge is 2.05. The third-order valence-electron chi connectivity index (χ3n) is 3.13. The molecule has 3 N–H and O–H groups in total. The van der Waals surface area contributed by atoms with Gasteiger partial charge in [0.1, 0.15) is 0 Å². The van der Waals surface area contributed by atoms with Gasteiger partial charge in [-0.2, -0.15) is 0 Å². The van der Waals surface area contributed by atoms with Crippen molar-refractivity contribution in [3.63, 3.8) is 0 Å². The summed E-state index contributed by atoms with van der Waals surface area (Å²) in [4.78, 5) is 4.30. The van der Waals surface area contributed by atoms with Gasteiger partial charge in [0, 0.05) is 46.1 Å². The van der Waals surface area contributed by atoms with Crippen LogP contribution in [0.2, 0.25) is 0 Å². The Labute approximate surface area is 111 Å². The van der Waals surface area contributed by atoms with Gasteiger partial charge in [-0.25, -0.2) is 0 Å². The van der Waals surface area contributed by atoms with E-state index in [1.54, 1.807) is 12.5 Å². The number of rotatable bonds is 3. The summed E-state index contributed by atoms with van der Waals surface area (Å²) in [6, 6.07) is 7.89. The molecule has 3 rings (SSSR count). The van der Waals surface area contributed by atoms with Gasteiger partial charge < -0.3 is 15.5 Å². The summed E-state index contributed by atoms with van der Waals surface area (Å²) in [5.74, 6) is 0. The van der Waals surface area contributed by atoms with Crippen molar-refractivity contribution in [2.24, 2.45) is 0 Å². The molecule has 0 saturated carbocycles. The van der Waals surface area contributed by atoms with Crippen LogP contribution in [0.25, 0.3) is 10.8 Å². The number of aryl methyl sites for hydroxylation is 1. The van der Waals surface area contributed by atoms with Gasteiger partial charge in [0.2, 0.25) is 0 Å². The van der Waals surface area contributed by atoms with Crippen LogP contribution in [0.4, 0.5) is 11.4 Å². The zero-order chi connectivity index (χ0) is 13.2. The number of benzene rings is 1. The number of nitrogens with two attached hydrogens (primary N) is 1. The van der Waals surface area contributed by atoms with E-state index in [-0.39, 0.29) is 0 Å². The van der Waals surface area contributed by atoms with Crippen molar-refractivity contribution in [3.05, 3.63) is 54.2 Å². The lowest BCUT2D eigenvalue weighted by Gasteiger charge is -2.11. The van der Waals surface area contributed by atoms with Crippen molar-refractivity contribution in [1.29, 1.82) is 0 Å². The molecule has 0 bridgehead atoms. The second-order valence-electron chi connectivity index (χ2n) is 4.56. The summed E-state index contributed by atoms with van der Waals surface area (Å²) in [7, 11) is 0. The van der Waals surface area contributed by atoms with Gasteiger partial charge in [0.15, 0.2) is 0 Å². The molecule has 2 heterocycles. The van der Waals surface area contributed by atoms with E-state index in [4.69, 9.17) is 10.2 Å². The van der Waals surface area contributed by atoms with Crippen molar-refractivity contribution >= 4 is 22.1 Å². The van der Waals surface area contributed by atoms with Crippen LogP contribution in [-0.4, -0.2) is 4.98 Å². The van der Waals surface area contributed by atoms with Gasteiger partial charge in [0.05, 0.1) is 12.5 Å². The van der Waals surface area contributed by atoms with Gasteiger partial charge >= 0.3 is 0 Å². The minimum absolute atomic E-state index is 0.719. The fourth-order valence-corrected chi connectivity index (χ4v) is 2.11. The molecular weight excluding hydrogens is 238 g/mol. The zero-order valence-corrected chi connectivity index (χ0v) is 10.7. The Balaban J connectivity index is 1.98. The Hall–Kier alpha value is -2.49. The summed E-state index contributed by atoms with van der Waals surface area (Å²) in [5.41, 5.74) is 9.87. The third kappa shape index (κ3) is 2.25. The van der Waals surface area contributed by atoms with Crippen LogP contribution in [0.1, 0.15) is 11.3 Å². The lowest BCUT2D eigenvalue weighted by molar-refractivity contribution is 0.564. The Morgan fingerprint density at radius 3 is 2.95 bits per heavy atom.